The molecule has 1 aromatic rings. The lowest BCUT2D eigenvalue weighted by Gasteiger charge is -2.28. The molecule has 0 fully saturated rings. The third kappa shape index (κ3) is 9.90. The van der Waals surface area contributed by atoms with E-state index < -0.39 is 47.9 Å². The largest absolute Gasteiger partial charge is 0.480 e. The number of aromatic nitrogens is 2. The van der Waals surface area contributed by atoms with E-state index in [4.69, 9.17) is 5.73 Å². The van der Waals surface area contributed by atoms with E-state index in [1.807, 2.05) is 27.7 Å². The van der Waals surface area contributed by atoms with E-state index in [1.165, 1.54) is 6.33 Å². The SMILES string of the molecule is CC(C)CC(NC(=O)C(NC(=O)C(CC(C)C)NC(=O)C(N)Cc1cnc[nH]1)C(C)C)C(=O)O. The molecule has 0 saturated carbocycles. The average Bonchev–Trinajstić information content (AvgIpc) is 3.22. The van der Waals surface area contributed by atoms with Gasteiger partial charge in [-0.2, -0.15) is 0 Å². The van der Waals surface area contributed by atoms with E-state index >= 15 is 0 Å². The Morgan fingerprint density at radius 2 is 1.47 bits per heavy atom. The predicted octanol–water partition coefficient (Wildman–Crippen LogP) is 0.567. The zero-order valence-electron chi connectivity index (χ0n) is 20.9. The van der Waals surface area contributed by atoms with Crippen LogP contribution >= 0.6 is 0 Å². The standard InChI is InChI=1S/C23H40N6O5/c1-12(2)7-17(27-20(30)16(24)9-15-10-25-11-26-15)21(31)29-19(14(5)6)22(32)28-18(23(33)34)8-13(3)4/h10-14,16-19H,7-9,24H2,1-6H3,(H,25,26)(H,27,30)(H,28,32)(H,29,31)(H,33,34). The average molecular weight is 481 g/mol. The maximum Gasteiger partial charge on any atom is 0.326 e. The lowest BCUT2D eigenvalue weighted by molar-refractivity contribution is -0.143. The van der Waals surface area contributed by atoms with Gasteiger partial charge in [0.15, 0.2) is 0 Å². The Bertz CT molecular complexity index is 809. The number of nitrogens with zero attached hydrogens (tertiary/aromatic N) is 1. The molecule has 11 heteroatoms. The summed E-state index contributed by atoms with van der Waals surface area (Å²) in [5.74, 6) is -2.91. The van der Waals surface area contributed by atoms with Crippen LogP contribution in [0.4, 0.5) is 0 Å². The van der Waals surface area contributed by atoms with Crippen molar-refractivity contribution in [2.24, 2.45) is 23.5 Å². The Kier molecular flexibility index (Phi) is 11.7. The van der Waals surface area contributed by atoms with Gasteiger partial charge in [-0.05, 0) is 30.6 Å². The van der Waals surface area contributed by atoms with Crippen molar-refractivity contribution in [2.45, 2.75) is 85.0 Å². The number of hydrogen-bond acceptors (Lipinski definition) is 6. The monoisotopic (exact) mass is 480 g/mol. The molecule has 7 N–H and O–H groups in total. The molecule has 0 radical (unpaired) electrons. The number of rotatable bonds is 14. The number of nitrogens with one attached hydrogen (secondary N) is 4. The summed E-state index contributed by atoms with van der Waals surface area (Å²) in [6, 6.07) is -3.82. The van der Waals surface area contributed by atoms with E-state index in [-0.39, 0.29) is 30.6 Å². The maximum absolute atomic E-state index is 13.1. The molecule has 0 saturated heterocycles. The molecule has 34 heavy (non-hydrogen) atoms. The van der Waals surface area contributed by atoms with Gasteiger partial charge in [0.25, 0.3) is 0 Å². The lowest BCUT2D eigenvalue weighted by Crippen LogP contribution is -2.58. The Morgan fingerprint density at radius 3 is 1.94 bits per heavy atom. The van der Waals surface area contributed by atoms with Crippen LogP contribution in [-0.2, 0) is 25.6 Å². The first-order valence-corrected chi connectivity index (χ1v) is 11.7. The minimum Gasteiger partial charge on any atom is -0.480 e. The number of hydrogen-bond donors (Lipinski definition) is 6. The molecule has 0 spiro atoms. The summed E-state index contributed by atoms with van der Waals surface area (Å²) in [7, 11) is 0. The van der Waals surface area contributed by atoms with Gasteiger partial charge in [0, 0.05) is 18.3 Å². The molecule has 1 heterocycles. The van der Waals surface area contributed by atoms with E-state index in [0.29, 0.717) is 12.1 Å². The molecule has 1 aromatic heterocycles. The van der Waals surface area contributed by atoms with Crippen molar-refractivity contribution in [3.05, 3.63) is 18.2 Å². The number of carbonyl (C=O) groups excluding carboxylic acids is 3. The highest BCUT2D eigenvalue weighted by Gasteiger charge is 2.32. The van der Waals surface area contributed by atoms with Crippen molar-refractivity contribution in [1.29, 1.82) is 0 Å². The van der Waals surface area contributed by atoms with Gasteiger partial charge in [-0.3, -0.25) is 14.4 Å². The highest BCUT2D eigenvalue weighted by molar-refractivity contribution is 5.94. The second-order valence-corrected chi connectivity index (χ2v) is 9.84. The number of carboxylic acid groups (broad SMARTS) is 1. The quantitative estimate of drug-likeness (QED) is 0.225. The molecule has 0 aliphatic heterocycles. The smallest absolute Gasteiger partial charge is 0.326 e. The van der Waals surface area contributed by atoms with Crippen LogP contribution in [0.5, 0.6) is 0 Å². The molecule has 11 nitrogen and oxygen atoms in total. The van der Waals surface area contributed by atoms with Crippen molar-refractivity contribution < 1.29 is 24.3 Å². The molecule has 3 amide bonds. The molecule has 4 atom stereocenters. The summed E-state index contributed by atoms with van der Waals surface area (Å²) in [6.45, 7) is 11.0. The number of amides is 3. The molecule has 0 aromatic carbocycles. The summed E-state index contributed by atoms with van der Waals surface area (Å²) in [6.07, 6.45) is 3.89. The van der Waals surface area contributed by atoms with E-state index in [1.54, 1.807) is 20.0 Å². The van der Waals surface area contributed by atoms with E-state index in [2.05, 4.69) is 25.9 Å². The minimum atomic E-state index is -1.13. The Balaban J connectivity index is 2.90. The molecule has 192 valence electrons. The fourth-order valence-corrected chi connectivity index (χ4v) is 3.45. The normalized spacial score (nSPS) is 15.0. The third-order valence-electron chi connectivity index (χ3n) is 5.24. The fraction of sp³-hybridized carbons (Fsp3) is 0.696. The highest BCUT2D eigenvalue weighted by Crippen LogP contribution is 2.10. The molecule has 0 aliphatic rings. The van der Waals surface area contributed by atoms with Crippen LogP contribution < -0.4 is 21.7 Å². The van der Waals surface area contributed by atoms with Crippen LogP contribution in [0.15, 0.2) is 12.5 Å². The predicted molar refractivity (Wildman–Crippen MR) is 127 cm³/mol. The molecule has 1 rings (SSSR count). The number of imidazole rings is 1. The molecular weight excluding hydrogens is 440 g/mol. The topological polar surface area (TPSA) is 179 Å². The first-order valence-electron chi connectivity index (χ1n) is 11.7. The van der Waals surface area contributed by atoms with Gasteiger partial charge < -0.3 is 31.8 Å². The Morgan fingerprint density at radius 1 is 0.912 bits per heavy atom. The number of H-pyrrole nitrogens is 1. The molecule has 4 unspecified atom stereocenters. The summed E-state index contributed by atoms with van der Waals surface area (Å²) < 4.78 is 0. The number of carbonyl (C=O) groups is 4. The van der Waals surface area contributed by atoms with Crippen LogP contribution in [0.25, 0.3) is 0 Å². The second-order valence-electron chi connectivity index (χ2n) is 9.84. The summed E-state index contributed by atoms with van der Waals surface area (Å²) in [4.78, 5) is 56.9. The van der Waals surface area contributed by atoms with Crippen molar-refractivity contribution in [2.75, 3.05) is 0 Å². The van der Waals surface area contributed by atoms with Gasteiger partial charge in [0.2, 0.25) is 17.7 Å². The van der Waals surface area contributed by atoms with Gasteiger partial charge in [-0.1, -0.05) is 41.5 Å². The highest BCUT2D eigenvalue weighted by atomic mass is 16.4. The van der Waals surface area contributed by atoms with Gasteiger partial charge in [0.05, 0.1) is 12.4 Å². The number of carboxylic acids is 1. The van der Waals surface area contributed by atoms with Crippen molar-refractivity contribution >= 4 is 23.7 Å². The fourth-order valence-electron chi connectivity index (χ4n) is 3.45. The number of aromatic amines is 1. The Labute approximate surface area is 201 Å². The van der Waals surface area contributed by atoms with E-state index in [0.717, 1.165) is 0 Å². The first kappa shape index (κ1) is 29.1. The summed E-state index contributed by atoms with van der Waals surface area (Å²) in [5, 5.41) is 17.4. The van der Waals surface area contributed by atoms with Crippen LogP contribution in [0.1, 0.15) is 60.1 Å². The van der Waals surface area contributed by atoms with Crippen LogP contribution in [0, 0.1) is 17.8 Å². The molecule has 0 aliphatic carbocycles. The molecule has 0 bridgehead atoms. The van der Waals surface area contributed by atoms with E-state index in [9.17, 15) is 24.3 Å². The van der Waals surface area contributed by atoms with Crippen LogP contribution in [0.3, 0.4) is 0 Å². The maximum atomic E-state index is 13.1. The summed E-state index contributed by atoms with van der Waals surface area (Å²) in [5.41, 5.74) is 6.69. The van der Waals surface area contributed by atoms with Crippen molar-refractivity contribution in [3.8, 4) is 0 Å². The van der Waals surface area contributed by atoms with Gasteiger partial charge in [-0.15, -0.1) is 0 Å². The zero-order valence-corrected chi connectivity index (χ0v) is 20.9. The van der Waals surface area contributed by atoms with Gasteiger partial charge >= 0.3 is 5.97 Å². The van der Waals surface area contributed by atoms with Crippen LogP contribution in [0.2, 0.25) is 0 Å². The number of aliphatic carboxylic acids is 1. The first-order chi connectivity index (χ1) is 15.8. The third-order valence-corrected chi connectivity index (χ3v) is 5.24. The van der Waals surface area contributed by atoms with Crippen LogP contribution in [-0.4, -0.2) is 62.9 Å². The zero-order chi connectivity index (χ0) is 26.0. The number of nitrogens with two attached hydrogens (primary N) is 1. The summed E-state index contributed by atoms with van der Waals surface area (Å²) >= 11 is 0. The minimum absolute atomic E-state index is 0.0603. The van der Waals surface area contributed by atoms with Crippen molar-refractivity contribution in [3.63, 3.8) is 0 Å². The van der Waals surface area contributed by atoms with Gasteiger partial charge in [0.1, 0.15) is 18.1 Å². The van der Waals surface area contributed by atoms with Gasteiger partial charge in [-0.25, -0.2) is 9.78 Å². The Hall–Kier alpha value is -2.95. The second kappa shape index (κ2) is 13.7. The molecular formula is C23H40N6O5. The van der Waals surface area contributed by atoms with Crippen molar-refractivity contribution in [1.82, 2.24) is 25.9 Å². The lowest BCUT2D eigenvalue weighted by atomic mass is 9.98.